The van der Waals surface area contributed by atoms with Gasteiger partial charge in [-0.05, 0) is 193 Å². The van der Waals surface area contributed by atoms with Crippen molar-refractivity contribution in [2.75, 3.05) is 9.80 Å². The summed E-state index contributed by atoms with van der Waals surface area (Å²) in [4.78, 5) is 5.59. The minimum absolute atomic E-state index is 0.0255. The summed E-state index contributed by atoms with van der Waals surface area (Å²) in [6, 6.07) is 40.2. The van der Waals surface area contributed by atoms with Crippen LogP contribution < -0.4 is 25.5 Å². The lowest BCUT2D eigenvalue weighted by Gasteiger charge is -2.66. The zero-order valence-corrected chi connectivity index (χ0v) is 48.2. The highest BCUT2D eigenvalue weighted by Gasteiger charge is 2.64. The van der Waals surface area contributed by atoms with Crippen LogP contribution in [0.2, 0.25) is 0 Å². The topological polar surface area (TPSA) is 6.48 Å². The summed E-state index contributed by atoms with van der Waals surface area (Å²) in [5.41, 5.74) is 27.4. The fourth-order valence-electron chi connectivity index (χ4n) is 15.1. The number of aryl methyl sites for hydroxylation is 1. The van der Waals surface area contributed by atoms with Gasteiger partial charge in [-0.2, -0.15) is 0 Å². The van der Waals surface area contributed by atoms with E-state index in [0.717, 1.165) is 0 Å². The molecule has 0 N–H and O–H groups in total. The Morgan fingerprint density at radius 3 is 1.53 bits per heavy atom. The van der Waals surface area contributed by atoms with Gasteiger partial charge in [-0.25, -0.2) is 0 Å². The van der Waals surface area contributed by atoms with Gasteiger partial charge in [0, 0.05) is 54.0 Å². The number of rotatable bonds is 3. The molecular weight excluding hydrogens is 900 g/mol. The molecule has 3 heterocycles. The van der Waals surface area contributed by atoms with Crippen molar-refractivity contribution in [3.8, 4) is 11.1 Å². The van der Waals surface area contributed by atoms with E-state index in [1.165, 1.54) is 149 Å². The van der Waals surface area contributed by atoms with Gasteiger partial charge in [0.1, 0.15) is 0 Å². The maximum absolute atomic E-state index is 2.84. The highest BCUT2D eigenvalue weighted by atomic mass is 32.1. The monoisotopic (exact) mass is 979 g/mol. The zero-order chi connectivity index (χ0) is 51.7. The smallest absolute Gasteiger partial charge is 0.264 e. The van der Waals surface area contributed by atoms with Crippen LogP contribution in [0.3, 0.4) is 0 Å². The van der Waals surface area contributed by atoms with Gasteiger partial charge < -0.3 is 9.80 Å². The average molecular weight is 979 g/mol. The van der Waals surface area contributed by atoms with Crippen LogP contribution >= 0.6 is 11.3 Å². The molecule has 1 fully saturated rings. The molecule has 4 aliphatic carbocycles. The number of nitrogens with zero attached hydrogens (tertiary/aromatic N) is 2. The number of anilines is 6. The lowest BCUT2D eigenvalue weighted by Crippen LogP contribution is -2.62. The van der Waals surface area contributed by atoms with Crippen LogP contribution in [0.4, 0.5) is 34.1 Å². The van der Waals surface area contributed by atoms with E-state index in [4.69, 9.17) is 0 Å². The predicted octanol–water partition coefficient (Wildman–Crippen LogP) is 17.6. The molecule has 2 atom stereocenters. The first-order chi connectivity index (χ1) is 34.1. The molecule has 7 aromatic rings. The minimum atomic E-state index is -0.126. The summed E-state index contributed by atoms with van der Waals surface area (Å²) in [5, 5.41) is 1.43. The molecule has 73 heavy (non-hydrogen) atoms. The first-order valence-corrected chi connectivity index (χ1v) is 28.8. The van der Waals surface area contributed by atoms with Crippen LogP contribution in [0, 0.1) is 6.92 Å². The van der Waals surface area contributed by atoms with E-state index in [1.54, 1.807) is 11.1 Å². The molecule has 1 aromatic heterocycles. The molecule has 0 saturated heterocycles. The van der Waals surface area contributed by atoms with Gasteiger partial charge in [0.05, 0.1) is 11.4 Å². The fraction of sp³-hybridized carbons (Fsp3) is 0.449. The molecule has 2 unspecified atom stereocenters. The van der Waals surface area contributed by atoms with E-state index in [9.17, 15) is 0 Å². The summed E-state index contributed by atoms with van der Waals surface area (Å²) < 4.78 is 2.93. The van der Waals surface area contributed by atoms with E-state index in [-0.39, 0.29) is 50.0 Å². The summed E-state index contributed by atoms with van der Waals surface area (Å²) in [6.07, 6.45) is 7.26. The maximum atomic E-state index is 2.84. The van der Waals surface area contributed by atoms with E-state index in [2.05, 4.69) is 236 Å². The summed E-state index contributed by atoms with van der Waals surface area (Å²) in [5.74, 6) is 0. The molecule has 13 rings (SSSR count). The zero-order valence-electron chi connectivity index (χ0n) is 47.4. The van der Waals surface area contributed by atoms with E-state index >= 15 is 0 Å². The van der Waals surface area contributed by atoms with Gasteiger partial charge in [-0.3, -0.25) is 0 Å². The molecule has 2 nitrogen and oxygen atoms in total. The molecule has 6 aromatic carbocycles. The molecule has 2 aliphatic heterocycles. The van der Waals surface area contributed by atoms with Crippen molar-refractivity contribution in [1.29, 1.82) is 0 Å². The van der Waals surface area contributed by atoms with Crippen molar-refractivity contribution in [2.45, 2.75) is 200 Å². The van der Waals surface area contributed by atoms with Crippen LogP contribution in [-0.4, -0.2) is 6.71 Å². The second-order valence-corrected chi connectivity index (χ2v) is 30.3. The van der Waals surface area contributed by atoms with Crippen molar-refractivity contribution in [2.24, 2.45) is 0 Å². The first kappa shape index (κ1) is 47.6. The van der Waals surface area contributed by atoms with Gasteiger partial charge in [-0.15, -0.1) is 11.3 Å². The van der Waals surface area contributed by atoms with Crippen molar-refractivity contribution >= 4 is 78.0 Å². The molecule has 0 amide bonds. The van der Waals surface area contributed by atoms with Crippen molar-refractivity contribution in [3.63, 3.8) is 0 Å². The van der Waals surface area contributed by atoms with E-state index in [0.29, 0.717) is 0 Å². The normalized spacial score (nSPS) is 23.3. The number of hydrogen-bond acceptors (Lipinski definition) is 3. The molecule has 374 valence electrons. The first-order valence-electron chi connectivity index (χ1n) is 28.0. The Balaban J connectivity index is 1.21. The lowest BCUT2D eigenvalue weighted by atomic mass is 9.35. The van der Waals surface area contributed by atoms with Crippen LogP contribution in [0.5, 0.6) is 0 Å². The number of thiophene rings is 1. The summed E-state index contributed by atoms with van der Waals surface area (Å²) in [7, 11) is 0. The number of hydrogen-bond donors (Lipinski definition) is 0. The van der Waals surface area contributed by atoms with Gasteiger partial charge in [0.15, 0.2) is 0 Å². The SMILES string of the molecule is Cc1cc(C(C)(C)C)ccc1N1c2cc3c(cc2B2c4sc5cc6c(cc5c4N(c4cc5c(cc4-c4ccccc4)C(C)(C)CCC5(C)C)c4cc(C(C)(C)C)cc1c42)C1(C)CCC61C)C(C)(C)CCC3(C)C. The Morgan fingerprint density at radius 2 is 0.986 bits per heavy atom. The third kappa shape index (κ3) is 6.41. The predicted molar refractivity (Wildman–Crippen MR) is 318 cm³/mol. The number of benzene rings is 6. The Hall–Kier alpha value is -5.06. The lowest BCUT2D eigenvalue weighted by molar-refractivity contribution is 0.0615. The summed E-state index contributed by atoms with van der Waals surface area (Å²) >= 11 is 2.10. The largest absolute Gasteiger partial charge is 0.311 e. The highest BCUT2D eigenvalue weighted by Crippen LogP contribution is 2.69. The van der Waals surface area contributed by atoms with Gasteiger partial charge >= 0.3 is 0 Å². The summed E-state index contributed by atoms with van der Waals surface area (Å²) in [6.45, 7) is 41.9. The van der Waals surface area contributed by atoms with Crippen molar-refractivity contribution in [3.05, 3.63) is 147 Å². The molecule has 6 aliphatic rings. The molecule has 0 bridgehead atoms. The number of fused-ring (bicyclic) bond motifs is 12. The molecule has 0 spiro atoms. The van der Waals surface area contributed by atoms with Gasteiger partial charge in [0.2, 0.25) is 0 Å². The molecule has 4 heteroatoms. The van der Waals surface area contributed by atoms with Crippen LogP contribution in [0.15, 0.2) is 97.1 Å². The third-order valence-corrected chi connectivity index (χ3v) is 22.0. The van der Waals surface area contributed by atoms with Crippen LogP contribution in [0.1, 0.15) is 199 Å². The minimum Gasteiger partial charge on any atom is -0.311 e. The standard InChI is InChI=1S/C69H79BN2S/c1-40-31-42(62(2,3)4)23-24-53(40)71-55-38-49-47(65(10,11)26-28-67(49,14)15)36-52(55)70-59-56(71)32-43(63(5,6)7)33-57(59)72(60-45-35-50-51(39-58(45)73-61(60)70)69(17)30-29-68(50,69)16)54-37-48-46(64(8,9)25-27-66(48,12)13)34-44(54)41-21-19-18-20-22-41/h18-24,31-39H,25-30H2,1-17H3. The third-order valence-electron chi connectivity index (χ3n) is 20.8. The molecule has 1 saturated carbocycles. The van der Waals surface area contributed by atoms with Gasteiger partial charge in [-0.1, -0.05) is 159 Å². The second kappa shape index (κ2) is 14.7. The van der Waals surface area contributed by atoms with Gasteiger partial charge in [0.25, 0.3) is 6.71 Å². The Bertz CT molecular complexity index is 3550. The van der Waals surface area contributed by atoms with E-state index < -0.39 is 0 Å². The highest BCUT2D eigenvalue weighted by molar-refractivity contribution is 7.33. The van der Waals surface area contributed by atoms with Crippen LogP contribution in [-0.2, 0) is 43.3 Å². The molecule has 0 radical (unpaired) electrons. The fourth-order valence-corrected chi connectivity index (χ4v) is 16.5. The Labute approximate surface area is 443 Å². The maximum Gasteiger partial charge on any atom is 0.264 e. The second-order valence-electron chi connectivity index (χ2n) is 29.2. The Morgan fingerprint density at radius 1 is 0.466 bits per heavy atom. The molecular formula is C69H79BN2S. The average Bonchev–Trinajstić information content (AvgIpc) is 3.70. The quantitative estimate of drug-likeness (QED) is 0.163. The van der Waals surface area contributed by atoms with E-state index in [1.807, 2.05) is 0 Å². The van der Waals surface area contributed by atoms with Crippen molar-refractivity contribution in [1.82, 2.24) is 0 Å². The Kier molecular flexibility index (Phi) is 9.56. The van der Waals surface area contributed by atoms with Crippen LogP contribution in [0.25, 0.3) is 21.2 Å². The van der Waals surface area contributed by atoms with Crippen molar-refractivity contribution < 1.29 is 0 Å².